The van der Waals surface area contributed by atoms with Crippen molar-refractivity contribution in [2.75, 3.05) is 18.9 Å². The summed E-state index contributed by atoms with van der Waals surface area (Å²) >= 11 is 0. The number of ether oxygens (including phenoxy) is 2. The third-order valence-corrected chi connectivity index (χ3v) is 4.91. The molecule has 0 amide bonds. The SMILES string of the molecule is COc1cc(C)c(S(=O)(=O)Nc2ccc(OC)c(F)c2)cc1C. The van der Waals surface area contributed by atoms with Gasteiger partial charge in [0.05, 0.1) is 24.8 Å². The smallest absolute Gasteiger partial charge is 0.262 e. The number of methoxy groups -OCH3 is 2. The zero-order chi connectivity index (χ0) is 17.2. The molecule has 5 nitrogen and oxygen atoms in total. The molecule has 124 valence electrons. The van der Waals surface area contributed by atoms with Crippen LogP contribution in [-0.2, 0) is 10.0 Å². The number of sulfonamides is 1. The molecule has 0 bridgehead atoms. The minimum atomic E-state index is -3.84. The molecule has 0 spiro atoms. The maximum Gasteiger partial charge on any atom is 0.262 e. The molecule has 2 aromatic rings. The topological polar surface area (TPSA) is 64.6 Å². The van der Waals surface area contributed by atoms with Gasteiger partial charge in [-0.3, -0.25) is 4.72 Å². The molecule has 0 aliphatic rings. The van der Waals surface area contributed by atoms with E-state index in [1.165, 1.54) is 32.4 Å². The van der Waals surface area contributed by atoms with E-state index in [0.29, 0.717) is 16.9 Å². The molecule has 0 aromatic heterocycles. The van der Waals surface area contributed by atoms with Crippen molar-refractivity contribution in [2.45, 2.75) is 18.7 Å². The van der Waals surface area contributed by atoms with E-state index in [0.717, 1.165) is 6.07 Å². The Bertz CT molecular complexity index is 834. The van der Waals surface area contributed by atoms with E-state index < -0.39 is 15.8 Å². The second kappa shape index (κ2) is 6.45. The number of hydrogen-bond acceptors (Lipinski definition) is 4. The number of benzene rings is 2. The highest BCUT2D eigenvalue weighted by Crippen LogP contribution is 2.28. The van der Waals surface area contributed by atoms with Gasteiger partial charge in [-0.2, -0.15) is 0 Å². The molecular weight excluding hydrogens is 321 g/mol. The van der Waals surface area contributed by atoms with Crippen molar-refractivity contribution < 1.29 is 22.3 Å². The number of nitrogens with one attached hydrogen (secondary N) is 1. The average molecular weight is 339 g/mol. The van der Waals surface area contributed by atoms with Gasteiger partial charge in [0.1, 0.15) is 5.75 Å². The van der Waals surface area contributed by atoms with Gasteiger partial charge < -0.3 is 9.47 Å². The number of aryl methyl sites for hydroxylation is 2. The normalized spacial score (nSPS) is 11.2. The van der Waals surface area contributed by atoms with Crippen LogP contribution in [0.5, 0.6) is 11.5 Å². The number of anilines is 1. The fourth-order valence-corrected chi connectivity index (χ4v) is 3.57. The number of rotatable bonds is 5. The molecule has 0 fully saturated rings. The molecule has 23 heavy (non-hydrogen) atoms. The van der Waals surface area contributed by atoms with Crippen LogP contribution in [-0.4, -0.2) is 22.6 Å². The summed E-state index contributed by atoms with van der Waals surface area (Å²) < 4.78 is 51.1. The van der Waals surface area contributed by atoms with Crippen LogP contribution in [0.1, 0.15) is 11.1 Å². The van der Waals surface area contributed by atoms with Crippen LogP contribution < -0.4 is 14.2 Å². The van der Waals surface area contributed by atoms with Gasteiger partial charge >= 0.3 is 0 Å². The van der Waals surface area contributed by atoms with Crippen molar-refractivity contribution in [1.29, 1.82) is 0 Å². The van der Waals surface area contributed by atoms with Gasteiger partial charge in [0.15, 0.2) is 11.6 Å². The summed E-state index contributed by atoms with van der Waals surface area (Å²) in [6.07, 6.45) is 0. The first-order chi connectivity index (χ1) is 10.8. The maximum atomic E-state index is 13.7. The molecule has 2 aromatic carbocycles. The molecule has 0 unspecified atom stereocenters. The summed E-state index contributed by atoms with van der Waals surface area (Å²) in [5.74, 6) is 0.0108. The third-order valence-electron chi connectivity index (χ3n) is 3.39. The first kappa shape index (κ1) is 17.1. The Kier molecular flexibility index (Phi) is 4.79. The average Bonchev–Trinajstić information content (AvgIpc) is 2.48. The molecule has 2 rings (SSSR count). The first-order valence-electron chi connectivity index (χ1n) is 6.80. The fraction of sp³-hybridized carbons (Fsp3) is 0.250. The second-order valence-electron chi connectivity index (χ2n) is 5.04. The van der Waals surface area contributed by atoms with Crippen molar-refractivity contribution in [3.63, 3.8) is 0 Å². The minimum Gasteiger partial charge on any atom is -0.496 e. The Labute approximate surface area is 135 Å². The molecule has 0 atom stereocenters. The van der Waals surface area contributed by atoms with Crippen molar-refractivity contribution in [3.8, 4) is 11.5 Å². The van der Waals surface area contributed by atoms with Crippen LogP contribution in [0, 0.1) is 19.7 Å². The highest BCUT2D eigenvalue weighted by atomic mass is 32.2. The Balaban J connectivity index is 2.39. The van der Waals surface area contributed by atoms with E-state index in [4.69, 9.17) is 9.47 Å². The lowest BCUT2D eigenvalue weighted by atomic mass is 10.1. The highest BCUT2D eigenvalue weighted by Gasteiger charge is 2.19. The second-order valence-corrected chi connectivity index (χ2v) is 6.69. The summed E-state index contributed by atoms with van der Waals surface area (Å²) in [4.78, 5) is 0.118. The number of hydrogen-bond donors (Lipinski definition) is 1. The van der Waals surface area contributed by atoms with Gasteiger partial charge in [-0.1, -0.05) is 0 Å². The molecule has 0 aliphatic heterocycles. The molecular formula is C16H18FNO4S. The van der Waals surface area contributed by atoms with Gasteiger partial charge in [-0.25, -0.2) is 12.8 Å². The summed E-state index contributed by atoms with van der Waals surface area (Å²) in [6.45, 7) is 3.43. The van der Waals surface area contributed by atoms with Gasteiger partial charge in [0.2, 0.25) is 0 Å². The lowest BCUT2D eigenvalue weighted by Crippen LogP contribution is -2.15. The first-order valence-corrected chi connectivity index (χ1v) is 8.28. The highest BCUT2D eigenvalue weighted by molar-refractivity contribution is 7.92. The summed E-state index contributed by atoms with van der Waals surface area (Å²) in [7, 11) is -0.980. The van der Waals surface area contributed by atoms with Crippen LogP contribution in [0.4, 0.5) is 10.1 Å². The fourth-order valence-electron chi connectivity index (χ4n) is 2.21. The van der Waals surface area contributed by atoms with Gasteiger partial charge in [-0.05, 0) is 49.2 Å². The summed E-state index contributed by atoms with van der Waals surface area (Å²) in [6, 6.07) is 7.04. The van der Waals surface area contributed by atoms with E-state index in [-0.39, 0.29) is 16.3 Å². The Morgan fingerprint density at radius 1 is 0.957 bits per heavy atom. The van der Waals surface area contributed by atoms with Gasteiger partial charge in [0.25, 0.3) is 10.0 Å². The Morgan fingerprint density at radius 2 is 1.61 bits per heavy atom. The zero-order valence-electron chi connectivity index (χ0n) is 13.3. The number of halogens is 1. The lowest BCUT2D eigenvalue weighted by molar-refractivity contribution is 0.386. The Morgan fingerprint density at radius 3 is 2.17 bits per heavy atom. The van der Waals surface area contributed by atoms with E-state index in [1.807, 2.05) is 0 Å². The predicted octanol–water partition coefficient (Wildman–Crippen LogP) is 3.26. The monoisotopic (exact) mass is 339 g/mol. The van der Waals surface area contributed by atoms with Crippen LogP contribution >= 0.6 is 0 Å². The lowest BCUT2D eigenvalue weighted by Gasteiger charge is -2.14. The van der Waals surface area contributed by atoms with Crippen molar-refractivity contribution >= 4 is 15.7 Å². The van der Waals surface area contributed by atoms with E-state index in [1.54, 1.807) is 19.9 Å². The standard InChI is InChI=1S/C16H18FNO4S/c1-10-8-16(11(2)7-15(10)22-4)23(19,20)18-12-5-6-14(21-3)13(17)9-12/h5-9,18H,1-4H3. The van der Waals surface area contributed by atoms with Crippen LogP contribution in [0.3, 0.4) is 0 Å². The van der Waals surface area contributed by atoms with E-state index in [9.17, 15) is 12.8 Å². The van der Waals surface area contributed by atoms with Crippen LogP contribution in [0.25, 0.3) is 0 Å². The largest absolute Gasteiger partial charge is 0.496 e. The van der Waals surface area contributed by atoms with Crippen molar-refractivity contribution in [2.24, 2.45) is 0 Å². The van der Waals surface area contributed by atoms with Gasteiger partial charge in [-0.15, -0.1) is 0 Å². The van der Waals surface area contributed by atoms with Crippen LogP contribution in [0.2, 0.25) is 0 Å². The molecule has 1 N–H and O–H groups in total. The van der Waals surface area contributed by atoms with E-state index >= 15 is 0 Å². The zero-order valence-corrected chi connectivity index (χ0v) is 14.1. The van der Waals surface area contributed by atoms with Gasteiger partial charge in [0, 0.05) is 6.07 Å². The quantitative estimate of drug-likeness (QED) is 0.908. The van der Waals surface area contributed by atoms with Crippen LogP contribution in [0.15, 0.2) is 35.2 Å². The summed E-state index contributed by atoms with van der Waals surface area (Å²) in [5, 5.41) is 0. The van der Waals surface area contributed by atoms with Crippen molar-refractivity contribution in [1.82, 2.24) is 0 Å². The maximum absolute atomic E-state index is 13.7. The predicted molar refractivity (Wildman–Crippen MR) is 86.2 cm³/mol. The third kappa shape index (κ3) is 3.56. The molecule has 0 saturated heterocycles. The summed E-state index contributed by atoms with van der Waals surface area (Å²) in [5.41, 5.74) is 1.35. The minimum absolute atomic E-state index is 0.0458. The molecule has 0 radical (unpaired) electrons. The van der Waals surface area contributed by atoms with Crippen molar-refractivity contribution in [3.05, 3.63) is 47.3 Å². The van der Waals surface area contributed by atoms with E-state index in [2.05, 4.69) is 4.72 Å². The Hall–Kier alpha value is -2.28. The molecule has 7 heteroatoms. The molecule has 0 aliphatic carbocycles. The molecule has 0 saturated carbocycles. The molecule has 0 heterocycles.